The number of aromatic nitrogens is 1. The van der Waals surface area contributed by atoms with Gasteiger partial charge in [-0.3, -0.25) is 0 Å². The van der Waals surface area contributed by atoms with Crippen molar-refractivity contribution in [2.24, 2.45) is 0 Å². The predicted molar refractivity (Wildman–Crippen MR) is 41.9 cm³/mol. The average molecular weight is 155 g/mol. The van der Waals surface area contributed by atoms with E-state index in [0.717, 1.165) is 10.6 Å². The summed E-state index contributed by atoms with van der Waals surface area (Å²) in [5.41, 5.74) is 0.916. The van der Waals surface area contributed by atoms with Crippen molar-refractivity contribution < 1.29 is 5.11 Å². The molecule has 2 nitrogen and oxygen atoms in total. The van der Waals surface area contributed by atoms with Gasteiger partial charge in [-0.1, -0.05) is 0 Å². The van der Waals surface area contributed by atoms with E-state index in [0.29, 0.717) is 0 Å². The molecule has 1 rings (SSSR count). The molecule has 0 saturated carbocycles. The number of hydrogen-bond donors (Lipinski definition) is 1. The van der Waals surface area contributed by atoms with Crippen LogP contribution in [-0.4, -0.2) is 16.3 Å². The van der Waals surface area contributed by atoms with Crippen molar-refractivity contribution in [3.63, 3.8) is 0 Å². The third-order valence-corrected chi connectivity index (χ3v) is 1.83. The molecule has 3 heteroatoms. The zero-order chi connectivity index (χ0) is 7.40. The van der Waals surface area contributed by atoms with Gasteiger partial charge in [0.15, 0.2) is 0 Å². The molecule has 0 aromatic carbocycles. The van der Waals surface area contributed by atoms with E-state index in [-0.39, 0.29) is 6.61 Å². The molecule has 1 N–H and O–H groups in total. The van der Waals surface area contributed by atoms with E-state index >= 15 is 0 Å². The molecule has 54 valence electrons. The Balaban J connectivity index is 2.87. The van der Waals surface area contributed by atoms with Crippen LogP contribution in [0.1, 0.15) is 5.56 Å². The Morgan fingerprint density at radius 1 is 1.70 bits per heavy atom. The first-order valence-corrected chi connectivity index (χ1v) is 4.19. The molecule has 0 saturated heterocycles. The Morgan fingerprint density at radius 2 is 2.50 bits per heavy atom. The molecule has 0 bridgehead atoms. The van der Waals surface area contributed by atoms with Gasteiger partial charge in [0.2, 0.25) is 0 Å². The van der Waals surface area contributed by atoms with Crippen molar-refractivity contribution in [3.8, 4) is 0 Å². The highest BCUT2D eigenvalue weighted by Crippen LogP contribution is 2.11. The zero-order valence-electron chi connectivity index (χ0n) is 5.74. The van der Waals surface area contributed by atoms with Crippen molar-refractivity contribution in [2.45, 2.75) is 11.6 Å². The lowest BCUT2D eigenvalue weighted by Gasteiger charge is -1.96. The van der Waals surface area contributed by atoms with E-state index in [2.05, 4.69) is 4.98 Å². The molecule has 0 radical (unpaired) electrons. The third kappa shape index (κ3) is 1.72. The van der Waals surface area contributed by atoms with Crippen LogP contribution in [0.25, 0.3) is 0 Å². The van der Waals surface area contributed by atoms with Crippen molar-refractivity contribution in [1.29, 1.82) is 0 Å². The number of pyridine rings is 1. The van der Waals surface area contributed by atoms with Crippen LogP contribution in [0.5, 0.6) is 0 Å². The van der Waals surface area contributed by atoms with Crippen LogP contribution >= 0.6 is 11.8 Å². The molecule has 0 aliphatic rings. The standard InChI is InChI=1S/C7H9NOS/c1-10-7-4-6(5-9)2-3-8-7/h2-4,9H,5H2,1H3. The van der Waals surface area contributed by atoms with E-state index < -0.39 is 0 Å². The summed E-state index contributed by atoms with van der Waals surface area (Å²) in [6, 6.07) is 3.68. The quantitative estimate of drug-likeness (QED) is 0.653. The predicted octanol–water partition coefficient (Wildman–Crippen LogP) is 1.30. The summed E-state index contributed by atoms with van der Waals surface area (Å²) in [5.74, 6) is 0. The lowest BCUT2D eigenvalue weighted by molar-refractivity contribution is 0.281. The molecule has 0 unspecified atom stereocenters. The Kier molecular flexibility index (Phi) is 2.71. The molecule has 1 aromatic rings. The minimum Gasteiger partial charge on any atom is -0.392 e. The van der Waals surface area contributed by atoms with Gasteiger partial charge in [-0.25, -0.2) is 4.98 Å². The number of nitrogens with zero attached hydrogens (tertiary/aromatic N) is 1. The van der Waals surface area contributed by atoms with Gasteiger partial charge in [0.25, 0.3) is 0 Å². The largest absolute Gasteiger partial charge is 0.392 e. The molecule has 1 aromatic heterocycles. The van der Waals surface area contributed by atoms with Crippen LogP contribution in [0.3, 0.4) is 0 Å². The summed E-state index contributed by atoms with van der Waals surface area (Å²) in [6.45, 7) is 0.0933. The van der Waals surface area contributed by atoms with Gasteiger partial charge in [0, 0.05) is 6.20 Å². The lowest BCUT2D eigenvalue weighted by Crippen LogP contribution is -1.84. The summed E-state index contributed by atoms with van der Waals surface area (Å²) in [7, 11) is 0. The number of thioether (sulfide) groups is 1. The monoisotopic (exact) mass is 155 g/mol. The number of aliphatic hydroxyl groups is 1. The maximum Gasteiger partial charge on any atom is 0.0960 e. The van der Waals surface area contributed by atoms with Crippen LogP contribution in [0.2, 0.25) is 0 Å². The minimum absolute atomic E-state index is 0.0933. The second-order valence-electron chi connectivity index (χ2n) is 1.86. The zero-order valence-corrected chi connectivity index (χ0v) is 6.56. The van der Waals surface area contributed by atoms with E-state index in [1.165, 1.54) is 0 Å². The van der Waals surface area contributed by atoms with Gasteiger partial charge < -0.3 is 5.11 Å². The third-order valence-electron chi connectivity index (χ3n) is 1.19. The van der Waals surface area contributed by atoms with Gasteiger partial charge >= 0.3 is 0 Å². The highest BCUT2D eigenvalue weighted by atomic mass is 32.2. The van der Waals surface area contributed by atoms with Crippen LogP contribution in [0.4, 0.5) is 0 Å². The first kappa shape index (κ1) is 7.57. The van der Waals surface area contributed by atoms with Crippen LogP contribution in [-0.2, 0) is 6.61 Å². The summed E-state index contributed by atoms with van der Waals surface area (Å²) in [5, 5.41) is 9.67. The van der Waals surface area contributed by atoms with Crippen molar-refractivity contribution in [1.82, 2.24) is 4.98 Å². The maximum atomic E-state index is 8.72. The van der Waals surface area contributed by atoms with Crippen LogP contribution < -0.4 is 0 Å². The highest BCUT2D eigenvalue weighted by Gasteiger charge is 1.92. The maximum absolute atomic E-state index is 8.72. The van der Waals surface area contributed by atoms with Gasteiger partial charge in [-0.05, 0) is 24.0 Å². The number of hydrogen-bond acceptors (Lipinski definition) is 3. The first-order chi connectivity index (χ1) is 4.86. The summed E-state index contributed by atoms with van der Waals surface area (Å²) >= 11 is 1.58. The topological polar surface area (TPSA) is 33.1 Å². The van der Waals surface area contributed by atoms with Crippen LogP contribution in [0.15, 0.2) is 23.4 Å². The van der Waals surface area contributed by atoms with Gasteiger partial charge in [0.1, 0.15) is 0 Å². The fourth-order valence-electron chi connectivity index (χ4n) is 0.660. The van der Waals surface area contributed by atoms with Crippen molar-refractivity contribution in [3.05, 3.63) is 23.9 Å². The summed E-state index contributed by atoms with van der Waals surface area (Å²) in [6.07, 6.45) is 3.67. The fourth-order valence-corrected chi connectivity index (χ4v) is 1.10. The first-order valence-electron chi connectivity index (χ1n) is 2.96. The van der Waals surface area contributed by atoms with E-state index in [9.17, 15) is 0 Å². The van der Waals surface area contributed by atoms with Crippen molar-refractivity contribution >= 4 is 11.8 Å². The smallest absolute Gasteiger partial charge is 0.0960 e. The summed E-state index contributed by atoms with van der Waals surface area (Å²) in [4.78, 5) is 4.06. The number of rotatable bonds is 2. The van der Waals surface area contributed by atoms with E-state index in [4.69, 9.17) is 5.11 Å². The molecule has 1 heterocycles. The van der Waals surface area contributed by atoms with Gasteiger partial charge in [-0.2, -0.15) is 0 Å². The Labute approximate surface area is 64.3 Å². The van der Waals surface area contributed by atoms with Gasteiger partial charge in [0.05, 0.1) is 11.6 Å². The number of aliphatic hydroxyl groups excluding tert-OH is 1. The molecule has 10 heavy (non-hydrogen) atoms. The van der Waals surface area contributed by atoms with E-state index in [1.54, 1.807) is 24.0 Å². The van der Waals surface area contributed by atoms with Crippen LogP contribution in [0, 0.1) is 0 Å². The Bertz CT molecular complexity index is 195. The normalized spacial score (nSPS) is 9.80. The molecule has 0 spiro atoms. The summed E-state index contributed by atoms with van der Waals surface area (Å²) < 4.78 is 0. The van der Waals surface area contributed by atoms with Crippen molar-refractivity contribution in [2.75, 3.05) is 6.26 Å². The fraction of sp³-hybridized carbons (Fsp3) is 0.286. The molecular weight excluding hydrogens is 146 g/mol. The lowest BCUT2D eigenvalue weighted by atomic mass is 10.3. The molecule has 0 aliphatic heterocycles. The molecule has 0 amide bonds. The van der Waals surface area contributed by atoms with E-state index in [1.807, 2.05) is 12.3 Å². The minimum atomic E-state index is 0.0933. The average Bonchev–Trinajstić information content (AvgIpc) is 2.05. The molecule has 0 atom stereocenters. The Morgan fingerprint density at radius 3 is 3.10 bits per heavy atom. The second kappa shape index (κ2) is 3.58. The van der Waals surface area contributed by atoms with Gasteiger partial charge in [-0.15, -0.1) is 11.8 Å². The molecule has 0 fully saturated rings. The molecular formula is C7H9NOS. The SMILES string of the molecule is CSc1cc(CO)ccn1. The highest BCUT2D eigenvalue weighted by molar-refractivity contribution is 7.98. The second-order valence-corrected chi connectivity index (χ2v) is 2.69. The Hall–Kier alpha value is -0.540. The molecule has 0 aliphatic carbocycles.